The molecule has 0 aromatic carbocycles. The monoisotopic (exact) mass is 238 g/mol. The average molecular weight is 238 g/mol. The van der Waals surface area contributed by atoms with E-state index >= 15 is 0 Å². The molecular weight excluding hydrogens is 212 g/mol. The Bertz CT molecular complexity index is 312. The first-order valence-electron chi connectivity index (χ1n) is 6.87. The number of aliphatic hydroxyl groups is 2. The Morgan fingerprint density at radius 3 is 2.59 bits per heavy atom. The van der Waals surface area contributed by atoms with Crippen molar-refractivity contribution in [2.45, 2.75) is 46.0 Å². The molecule has 2 fully saturated rings. The maximum atomic E-state index is 9.74. The van der Waals surface area contributed by atoms with E-state index in [2.05, 4.69) is 20.4 Å². The molecule has 0 heterocycles. The Hall–Kier alpha value is -0.340. The highest BCUT2D eigenvalue weighted by atomic mass is 16.3. The Morgan fingerprint density at radius 1 is 1.29 bits per heavy atom. The summed E-state index contributed by atoms with van der Waals surface area (Å²) in [5.74, 6) is 0.754. The molecule has 0 amide bonds. The zero-order valence-corrected chi connectivity index (χ0v) is 11.2. The van der Waals surface area contributed by atoms with Gasteiger partial charge < -0.3 is 10.2 Å². The van der Waals surface area contributed by atoms with Gasteiger partial charge in [-0.1, -0.05) is 32.4 Å². The van der Waals surface area contributed by atoms with Gasteiger partial charge in [-0.2, -0.15) is 0 Å². The molecular formula is C15H26O2. The van der Waals surface area contributed by atoms with Gasteiger partial charge in [0.1, 0.15) is 0 Å². The third-order valence-electron chi connectivity index (χ3n) is 5.69. The standard InChI is InChI=1S/C15H26O2/c1-11-5-6-13-14(2,10-17)7-4-8-15(13,3)12(11)9-16/h12-13,16-17H,1,4-10H2,2-3H3/t12-,13-,14-,15+/m0/s1. The molecule has 0 radical (unpaired) electrons. The van der Waals surface area contributed by atoms with Crippen molar-refractivity contribution in [3.63, 3.8) is 0 Å². The van der Waals surface area contributed by atoms with Crippen LogP contribution in [0.1, 0.15) is 46.0 Å². The Labute approximate surface area is 105 Å². The molecule has 0 spiro atoms. The van der Waals surface area contributed by atoms with Gasteiger partial charge in [-0.05, 0) is 42.4 Å². The number of rotatable bonds is 2. The molecule has 17 heavy (non-hydrogen) atoms. The minimum Gasteiger partial charge on any atom is -0.396 e. The van der Waals surface area contributed by atoms with Gasteiger partial charge in [-0.3, -0.25) is 0 Å². The zero-order valence-electron chi connectivity index (χ0n) is 11.2. The van der Waals surface area contributed by atoms with Crippen LogP contribution in [0, 0.1) is 22.7 Å². The fraction of sp³-hybridized carbons (Fsp3) is 0.867. The van der Waals surface area contributed by atoms with E-state index in [0.29, 0.717) is 5.92 Å². The smallest absolute Gasteiger partial charge is 0.0501 e. The van der Waals surface area contributed by atoms with Crippen LogP contribution in [0.4, 0.5) is 0 Å². The van der Waals surface area contributed by atoms with E-state index in [4.69, 9.17) is 0 Å². The predicted octanol–water partition coefficient (Wildman–Crippen LogP) is 2.75. The lowest BCUT2D eigenvalue weighted by atomic mass is 9.47. The van der Waals surface area contributed by atoms with Gasteiger partial charge >= 0.3 is 0 Å². The maximum Gasteiger partial charge on any atom is 0.0501 e. The molecule has 0 unspecified atom stereocenters. The number of aliphatic hydroxyl groups excluding tert-OH is 2. The van der Waals surface area contributed by atoms with Crippen LogP contribution >= 0.6 is 0 Å². The summed E-state index contributed by atoms with van der Waals surface area (Å²) in [5, 5.41) is 19.4. The van der Waals surface area contributed by atoms with Crippen LogP contribution in [0.3, 0.4) is 0 Å². The van der Waals surface area contributed by atoms with E-state index in [0.717, 1.165) is 32.1 Å². The van der Waals surface area contributed by atoms with Gasteiger partial charge in [0.15, 0.2) is 0 Å². The van der Waals surface area contributed by atoms with Crippen LogP contribution in [0.5, 0.6) is 0 Å². The first kappa shape index (κ1) is 13.1. The molecule has 2 aliphatic carbocycles. The van der Waals surface area contributed by atoms with Crippen molar-refractivity contribution in [2.75, 3.05) is 13.2 Å². The summed E-state index contributed by atoms with van der Waals surface area (Å²) >= 11 is 0. The van der Waals surface area contributed by atoms with Crippen molar-refractivity contribution in [1.82, 2.24) is 0 Å². The molecule has 0 saturated heterocycles. The predicted molar refractivity (Wildman–Crippen MR) is 69.6 cm³/mol. The van der Waals surface area contributed by atoms with Crippen LogP contribution in [-0.4, -0.2) is 23.4 Å². The largest absolute Gasteiger partial charge is 0.396 e. The zero-order chi connectivity index (χ0) is 12.7. The van der Waals surface area contributed by atoms with Crippen molar-refractivity contribution in [3.8, 4) is 0 Å². The van der Waals surface area contributed by atoms with Crippen LogP contribution in [-0.2, 0) is 0 Å². The van der Waals surface area contributed by atoms with Crippen LogP contribution in [0.25, 0.3) is 0 Å². The molecule has 2 aliphatic rings. The molecule has 0 bridgehead atoms. The summed E-state index contributed by atoms with van der Waals surface area (Å²) in [6.07, 6.45) is 5.59. The lowest BCUT2D eigenvalue weighted by molar-refractivity contribution is -0.0935. The van der Waals surface area contributed by atoms with Gasteiger partial charge in [0.2, 0.25) is 0 Å². The van der Waals surface area contributed by atoms with E-state index < -0.39 is 0 Å². The van der Waals surface area contributed by atoms with E-state index in [1.54, 1.807) is 0 Å². The van der Waals surface area contributed by atoms with E-state index in [1.807, 2.05) is 0 Å². The van der Waals surface area contributed by atoms with E-state index in [9.17, 15) is 10.2 Å². The minimum absolute atomic E-state index is 0.0428. The van der Waals surface area contributed by atoms with Crippen molar-refractivity contribution in [3.05, 3.63) is 12.2 Å². The molecule has 2 heteroatoms. The molecule has 2 nitrogen and oxygen atoms in total. The Kier molecular flexibility index (Phi) is 3.39. The summed E-state index contributed by atoms with van der Waals surface area (Å²) < 4.78 is 0. The minimum atomic E-state index is 0.0428. The number of fused-ring (bicyclic) bond motifs is 1. The van der Waals surface area contributed by atoms with Crippen LogP contribution in [0.15, 0.2) is 12.2 Å². The second kappa shape index (κ2) is 4.40. The molecule has 2 saturated carbocycles. The quantitative estimate of drug-likeness (QED) is 0.726. The van der Waals surface area contributed by atoms with Gasteiger partial charge in [0, 0.05) is 12.5 Å². The molecule has 4 atom stereocenters. The first-order valence-corrected chi connectivity index (χ1v) is 6.87. The first-order chi connectivity index (χ1) is 7.98. The maximum absolute atomic E-state index is 9.74. The molecule has 0 aliphatic heterocycles. The summed E-state index contributed by atoms with van der Waals surface area (Å²) in [6, 6.07) is 0. The van der Waals surface area contributed by atoms with Gasteiger partial charge in [-0.25, -0.2) is 0 Å². The molecule has 98 valence electrons. The molecule has 2 N–H and O–H groups in total. The van der Waals surface area contributed by atoms with Crippen molar-refractivity contribution in [1.29, 1.82) is 0 Å². The number of hydrogen-bond acceptors (Lipinski definition) is 2. The van der Waals surface area contributed by atoms with E-state index in [-0.39, 0.29) is 30.0 Å². The van der Waals surface area contributed by atoms with Crippen molar-refractivity contribution < 1.29 is 10.2 Å². The second-order valence-electron chi connectivity index (χ2n) is 6.66. The lowest BCUT2D eigenvalue weighted by Gasteiger charge is -2.58. The highest BCUT2D eigenvalue weighted by Crippen LogP contribution is 2.60. The fourth-order valence-corrected chi connectivity index (χ4v) is 4.61. The van der Waals surface area contributed by atoms with Gasteiger partial charge in [0.05, 0.1) is 6.61 Å². The SMILES string of the molecule is C=C1CC[C@H]2[C@](C)(CO)CCC[C@]2(C)[C@H]1CO. The average Bonchev–Trinajstić information content (AvgIpc) is 2.28. The lowest BCUT2D eigenvalue weighted by Crippen LogP contribution is -2.52. The third kappa shape index (κ3) is 1.86. The Morgan fingerprint density at radius 2 is 2.00 bits per heavy atom. The fourth-order valence-electron chi connectivity index (χ4n) is 4.61. The third-order valence-corrected chi connectivity index (χ3v) is 5.69. The Balaban J connectivity index is 2.35. The summed E-state index contributed by atoms with van der Waals surface area (Å²) in [7, 11) is 0. The summed E-state index contributed by atoms with van der Waals surface area (Å²) in [5.41, 5.74) is 1.40. The van der Waals surface area contributed by atoms with Crippen molar-refractivity contribution >= 4 is 0 Å². The highest BCUT2D eigenvalue weighted by Gasteiger charge is 2.54. The molecule has 0 aromatic heterocycles. The van der Waals surface area contributed by atoms with Gasteiger partial charge in [0.25, 0.3) is 0 Å². The van der Waals surface area contributed by atoms with Gasteiger partial charge in [-0.15, -0.1) is 0 Å². The second-order valence-corrected chi connectivity index (χ2v) is 6.66. The van der Waals surface area contributed by atoms with Crippen LogP contribution in [0.2, 0.25) is 0 Å². The van der Waals surface area contributed by atoms with Crippen LogP contribution < -0.4 is 0 Å². The molecule has 0 aromatic rings. The number of hydrogen-bond donors (Lipinski definition) is 2. The van der Waals surface area contributed by atoms with E-state index in [1.165, 1.54) is 5.57 Å². The summed E-state index contributed by atoms with van der Waals surface area (Å²) in [4.78, 5) is 0. The summed E-state index contributed by atoms with van der Waals surface area (Å²) in [6.45, 7) is 9.17. The highest BCUT2D eigenvalue weighted by molar-refractivity contribution is 5.16. The molecule has 2 rings (SSSR count). The normalized spacial score (nSPS) is 46.7. The topological polar surface area (TPSA) is 40.5 Å². The van der Waals surface area contributed by atoms with Crippen molar-refractivity contribution in [2.24, 2.45) is 22.7 Å².